The molecule has 0 aliphatic carbocycles. The number of aliphatic hydroxyl groups is 1. The largest absolute Gasteiger partial charge is 0.390 e. The summed E-state index contributed by atoms with van der Waals surface area (Å²) in [5.41, 5.74) is 1.25. The van der Waals surface area contributed by atoms with Crippen LogP contribution in [0.25, 0.3) is 0 Å². The maximum Gasteiger partial charge on any atom is 0.275 e. The van der Waals surface area contributed by atoms with Crippen molar-refractivity contribution in [2.45, 2.75) is 13.2 Å². The van der Waals surface area contributed by atoms with Gasteiger partial charge in [0, 0.05) is 28.5 Å². The van der Waals surface area contributed by atoms with Crippen LogP contribution in [0.15, 0.2) is 36.5 Å². The van der Waals surface area contributed by atoms with Crippen molar-refractivity contribution < 1.29 is 10.0 Å². The first-order valence-corrected chi connectivity index (χ1v) is 5.67. The van der Waals surface area contributed by atoms with Crippen LogP contribution in [0.5, 0.6) is 0 Å². The molecular formula is C12H11ClN2O3. The number of nitro benzene ring substituents is 1. The highest BCUT2D eigenvalue weighted by molar-refractivity contribution is 6.30. The predicted octanol–water partition coefficient (Wildman–Crippen LogP) is 2.59. The lowest BCUT2D eigenvalue weighted by Crippen LogP contribution is -2.05. The number of aliphatic hydroxyl groups excluding tert-OH is 1. The van der Waals surface area contributed by atoms with E-state index in [4.69, 9.17) is 16.7 Å². The van der Waals surface area contributed by atoms with Crippen LogP contribution < -0.4 is 0 Å². The fourth-order valence-electron chi connectivity index (χ4n) is 1.77. The third kappa shape index (κ3) is 2.52. The molecule has 1 heterocycles. The van der Waals surface area contributed by atoms with E-state index in [9.17, 15) is 10.1 Å². The molecule has 6 heteroatoms. The van der Waals surface area contributed by atoms with Crippen LogP contribution in [-0.2, 0) is 13.2 Å². The van der Waals surface area contributed by atoms with Crippen molar-refractivity contribution >= 4 is 17.3 Å². The third-order valence-corrected chi connectivity index (χ3v) is 2.91. The predicted molar refractivity (Wildman–Crippen MR) is 67.6 cm³/mol. The van der Waals surface area contributed by atoms with E-state index in [-0.39, 0.29) is 12.3 Å². The molecule has 0 bridgehead atoms. The highest BCUT2D eigenvalue weighted by Gasteiger charge is 2.15. The number of nitrogens with zero attached hydrogens (tertiary/aromatic N) is 2. The minimum atomic E-state index is -0.455. The minimum Gasteiger partial charge on any atom is -0.390 e. The van der Waals surface area contributed by atoms with Crippen molar-refractivity contribution in [3.63, 3.8) is 0 Å². The lowest BCUT2D eigenvalue weighted by atomic mass is 10.2. The van der Waals surface area contributed by atoms with E-state index in [0.717, 1.165) is 0 Å². The molecule has 0 aliphatic rings. The molecule has 1 N–H and O–H groups in total. The lowest BCUT2D eigenvalue weighted by Gasteiger charge is -2.08. The molecule has 0 amide bonds. The molecule has 0 radical (unpaired) electrons. The SMILES string of the molecule is O=[N+]([O-])c1cc(Cl)ccc1Cn1cccc1CO. The van der Waals surface area contributed by atoms with Gasteiger partial charge in [-0.1, -0.05) is 11.6 Å². The molecule has 1 aromatic carbocycles. The standard InChI is InChI=1S/C12H11ClN2O3/c13-10-4-3-9(12(6-10)15(17)18)7-14-5-1-2-11(14)8-16/h1-6,16H,7-8H2. The zero-order chi connectivity index (χ0) is 13.1. The summed E-state index contributed by atoms with van der Waals surface area (Å²) < 4.78 is 1.76. The molecule has 0 aliphatic heterocycles. The number of hydrogen-bond acceptors (Lipinski definition) is 3. The Balaban J connectivity index is 2.37. The maximum atomic E-state index is 10.9. The van der Waals surface area contributed by atoms with Crippen LogP contribution in [0.1, 0.15) is 11.3 Å². The van der Waals surface area contributed by atoms with Crippen LogP contribution in [0.2, 0.25) is 5.02 Å². The van der Waals surface area contributed by atoms with Gasteiger partial charge in [-0.2, -0.15) is 0 Å². The van der Waals surface area contributed by atoms with Crippen molar-refractivity contribution in [1.29, 1.82) is 0 Å². The van der Waals surface area contributed by atoms with E-state index >= 15 is 0 Å². The molecule has 94 valence electrons. The maximum absolute atomic E-state index is 10.9. The van der Waals surface area contributed by atoms with Gasteiger partial charge in [0.15, 0.2) is 0 Å². The Morgan fingerprint density at radius 3 is 2.83 bits per heavy atom. The number of halogens is 1. The summed E-state index contributed by atoms with van der Waals surface area (Å²) in [6.45, 7) is 0.227. The summed E-state index contributed by atoms with van der Waals surface area (Å²) in [7, 11) is 0. The van der Waals surface area contributed by atoms with Gasteiger partial charge in [-0.15, -0.1) is 0 Å². The Morgan fingerprint density at radius 1 is 1.39 bits per heavy atom. The molecular weight excluding hydrogens is 256 g/mol. The molecule has 0 atom stereocenters. The van der Waals surface area contributed by atoms with Crippen LogP contribution in [0.4, 0.5) is 5.69 Å². The monoisotopic (exact) mass is 266 g/mol. The van der Waals surface area contributed by atoms with Crippen molar-refractivity contribution in [2.75, 3.05) is 0 Å². The summed E-state index contributed by atoms with van der Waals surface area (Å²) in [6, 6.07) is 8.13. The highest BCUT2D eigenvalue weighted by atomic mass is 35.5. The number of rotatable bonds is 4. The average Bonchev–Trinajstić information content (AvgIpc) is 2.78. The average molecular weight is 267 g/mol. The second kappa shape index (κ2) is 5.20. The molecule has 0 fully saturated rings. The van der Waals surface area contributed by atoms with Crippen molar-refractivity contribution in [3.8, 4) is 0 Å². The highest BCUT2D eigenvalue weighted by Crippen LogP contribution is 2.24. The summed E-state index contributed by atoms with van der Waals surface area (Å²) in [5, 5.41) is 20.4. The van der Waals surface area contributed by atoms with Gasteiger partial charge in [-0.25, -0.2) is 0 Å². The van der Waals surface area contributed by atoms with E-state index in [2.05, 4.69) is 0 Å². The van der Waals surface area contributed by atoms with E-state index in [0.29, 0.717) is 22.8 Å². The normalized spacial score (nSPS) is 10.6. The van der Waals surface area contributed by atoms with Gasteiger partial charge in [0.1, 0.15) is 0 Å². The van der Waals surface area contributed by atoms with Gasteiger partial charge < -0.3 is 9.67 Å². The second-order valence-electron chi connectivity index (χ2n) is 3.82. The molecule has 5 nitrogen and oxygen atoms in total. The Labute approximate surface area is 108 Å². The fraction of sp³-hybridized carbons (Fsp3) is 0.167. The number of hydrogen-bond donors (Lipinski definition) is 1. The number of aromatic nitrogens is 1. The van der Waals surface area contributed by atoms with Crippen molar-refractivity contribution in [1.82, 2.24) is 4.57 Å². The second-order valence-corrected chi connectivity index (χ2v) is 4.25. The van der Waals surface area contributed by atoms with Crippen LogP contribution in [0, 0.1) is 10.1 Å². The van der Waals surface area contributed by atoms with E-state index in [1.165, 1.54) is 6.07 Å². The number of nitro groups is 1. The fourth-order valence-corrected chi connectivity index (χ4v) is 1.94. The van der Waals surface area contributed by atoms with Gasteiger partial charge in [-0.3, -0.25) is 10.1 Å². The Hall–Kier alpha value is -1.85. The summed E-state index contributed by atoms with van der Waals surface area (Å²) in [6.07, 6.45) is 1.77. The van der Waals surface area contributed by atoms with Crippen molar-refractivity contribution in [2.24, 2.45) is 0 Å². The first-order valence-electron chi connectivity index (χ1n) is 5.29. The Bertz CT molecular complexity index is 580. The zero-order valence-corrected chi connectivity index (χ0v) is 10.2. The minimum absolute atomic E-state index is 0.0138. The van der Waals surface area contributed by atoms with E-state index in [1.807, 2.05) is 0 Å². The van der Waals surface area contributed by atoms with Gasteiger partial charge in [0.25, 0.3) is 5.69 Å². The molecule has 2 rings (SSSR count). The molecule has 2 aromatic rings. The summed E-state index contributed by atoms with van der Waals surface area (Å²) in [4.78, 5) is 10.5. The van der Waals surface area contributed by atoms with Crippen molar-refractivity contribution in [3.05, 3.63) is 62.9 Å². The zero-order valence-electron chi connectivity index (χ0n) is 9.41. The molecule has 0 saturated carbocycles. The molecule has 0 spiro atoms. The van der Waals surface area contributed by atoms with Crippen LogP contribution in [0.3, 0.4) is 0 Å². The first kappa shape index (κ1) is 12.6. The first-order chi connectivity index (χ1) is 8.61. The van der Waals surface area contributed by atoms with Gasteiger partial charge >= 0.3 is 0 Å². The third-order valence-electron chi connectivity index (χ3n) is 2.67. The van der Waals surface area contributed by atoms with E-state index in [1.54, 1.807) is 35.0 Å². The number of benzene rings is 1. The van der Waals surface area contributed by atoms with Gasteiger partial charge in [0.05, 0.1) is 18.1 Å². The Morgan fingerprint density at radius 2 is 2.17 bits per heavy atom. The topological polar surface area (TPSA) is 68.3 Å². The molecule has 0 unspecified atom stereocenters. The molecule has 18 heavy (non-hydrogen) atoms. The smallest absolute Gasteiger partial charge is 0.275 e. The quantitative estimate of drug-likeness (QED) is 0.683. The summed E-state index contributed by atoms with van der Waals surface area (Å²) >= 11 is 5.75. The van der Waals surface area contributed by atoms with E-state index < -0.39 is 4.92 Å². The molecule has 0 saturated heterocycles. The van der Waals surface area contributed by atoms with Gasteiger partial charge in [-0.05, 0) is 24.3 Å². The van der Waals surface area contributed by atoms with Crippen LogP contribution in [-0.4, -0.2) is 14.6 Å². The summed E-state index contributed by atoms with van der Waals surface area (Å²) in [5.74, 6) is 0. The lowest BCUT2D eigenvalue weighted by molar-refractivity contribution is -0.385. The Kier molecular flexibility index (Phi) is 3.64. The van der Waals surface area contributed by atoms with Gasteiger partial charge in [0.2, 0.25) is 0 Å². The molecule has 1 aromatic heterocycles. The van der Waals surface area contributed by atoms with Crippen LogP contribution >= 0.6 is 11.6 Å².